The molecule has 23 heavy (non-hydrogen) atoms. The van der Waals surface area contributed by atoms with E-state index in [2.05, 4.69) is 48.9 Å². The molecule has 7 nitrogen and oxygen atoms in total. The van der Waals surface area contributed by atoms with E-state index in [1.165, 1.54) is 0 Å². The van der Waals surface area contributed by atoms with Gasteiger partial charge in [0.2, 0.25) is 0 Å². The molecule has 118 valence electrons. The smallest absolute Gasteiger partial charge is 0.179 e. The third-order valence-electron chi connectivity index (χ3n) is 3.66. The second-order valence-corrected chi connectivity index (χ2v) is 5.12. The fourth-order valence-electron chi connectivity index (χ4n) is 2.49. The quantitative estimate of drug-likeness (QED) is 0.829. The maximum Gasteiger partial charge on any atom is 0.179 e. The Labute approximate surface area is 135 Å². The molecule has 0 atom stereocenters. The summed E-state index contributed by atoms with van der Waals surface area (Å²) >= 11 is 0. The Morgan fingerprint density at radius 3 is 2.65 bits per heavy atom. The maximum atomic E-state index is 4.36. The van der Waals surface area contributed by atoms with Gasteiger partial charge in [-0.25, -0.2) is 15.0 Å². The van der Waals surface area contributed by atoms with Gasteiger partial charge in [0, 0.05) is 44.1 Å². The van der Waals surface area contributed by atoms with Crippen LogP contribution in [0.15, 0.2) is 40.4 Å². The molecule has 2 aromatic heterocycles. The molecule has 0 aliphatic carbocycles. The van der Waals surface area contributed by atoms with Gasteiger partial charge in [-0.1, -0.05) is 0 Å². The topological polar surface area (TPSA) is 77.8 Å². The third-order valence-corrected chi connectivity index (χ3v) is 3.66. The lowest BCUT2D eigenvalue weighted by atomic mass is 10.3. The summed E-state index contributed by atoms with van der Waals surface area (Å²) in [7, 11) is 0. The Morgan fingerprint density at radius 2 is 1.91 bits per heavy atom. The van der Waals surface area contributed by atoms with Crippen molar-refractivity contribution < 1.29 is 0 Å². The van der Waals surface area contributed by atoms with Crippen molar-refractivity contribution in [3.05, 3.63) is 30.5 Å². The van der Waals surface area contributed by atoms with Gasteiger partial charge in [-0.15, -0.1) is 0 Å². The number of nitrogens with one attached hydrogen (secondary N) is 2. The second kappa shape index (κ2) is 6.97. The summed E-state index contributed by atoms with van der Waals surface area (Å²) < 4.78 is 0. The molecule has 0 spiro atoms. The molecule has 1 fully saturated rings. The van der Waals surface area contributed by atoms with Gasteiger partial charge in [-0.2, -0.15) is 0 Å². The molecule has 2 N–H and O–H groups in total. The van der Waals surface area contributed by atoms with Crippen molar-refractivity contribution in [3.63, 3.8) is 0 Å². The average Bonchev–Trinajstić information content (AvgIpc) is 2.62. The van der Waals surface area contributed by atoms with Crippen LogP contribution in [0.3, 0.4) is 0 Å². The molecule has 3 rings (SSSR count). The Morgan fingerprint density at radius 1 is 1.09 bits per heavy atom. The number of rotatable bonds is 5. The average molecular weight is 309 g/mol. The van der Waals surface area contributed by atoms with Crippen molar-refractivity contribution in [1.29, 1.82) is 0 Å². The first-order valence-corrected chi connectivity index (χ1v) is 7.43. The summed E-state index contributed by atoms with van der Waals surface area (Å²) in [6.45, 7) is 11.0. The van der Waals surface area contributed by atoms with Crippen LogP contribution in [-0.2, 0) is 0 Å². The fourth-order valence-corrected chi connectivity index (χ4v) is 2.49. The van der Waals surface area contributed by atoms with Crippen LogP contribution >= 0.6 is 0 Å². The molecular weight excluding hydrogens is 290 g/mol. The lowest BCUT2D eigenvalue weighted by Gasteiger charge is -2.29. The summed E-state index contributed by atoms with van der Waals surface area (Å²) in [5.74, 6) is 1.83. The Balaban J connectivity index is 1.80. The zero-order valence-electron chi connectivity index (χ0n) is 12.9. The van der Waals surface area contributed by atoms with Crippen LogP contribution in [0.5, 0.6) is 0 Å². The first kappa shape index (κ1) is 15.1. The molecule has 7 heteroatoms. The van der Waals surface area contributed by atoms with E-state index in [4.69, 9.17) is 0 Å². The van der Waals surface area contributed by atoms with Gasteiger partial charge in [-0.05, 0) is 31.6 Å². The molecule has 1 aliphatic rings. The van der Waals surface area contributed by atoms with E-state index < -0.39 is 0 Å². The molecule has 0 radical (unpaired) electrons. The highest BCUT2D eigenvalue weighted by Gasteiger charge is 2.11. The monoisotopic (exact) mass is 309 g/mol. The van der Waals surface area contributed by atoms with E-state index in [0.717, 1.165) is 37.7 Å². The van der Waals surface area contributed by atoms with E-state index in [1.54, 1.807) is 12.3 Å². The van der Waals surface area contributed by atoms with E-state index in [0.29, 0.717) is 17.3 Å². The largest absolute Gasteiger partial charge is 0.369 e. The minimum Gasteiger partial charge on any atom is -0.369 e. The van der Waals surface area contributed by atoms with Gasteiger partial charge < -0.3 is 15.5 Å². The molecular formula is C16H19N7. The SMILES string of the molecule is C=Nc1ccc(Nc2cc(N3CCNCC3)ccn2)nc1N=C. The zero-order valence-corrected chi connectivity index (χ0v) is 12.9. The Hall–Kier alpha value is -2.80. The molecule has 2 aromatic rings. The standard InChI is InChI=1S/C16H19N7/c1-17-13-3-4-14(22-16(13)18-2)21-15-11-12(5-6-20-15)23-9-7-19-8-10-23/h3-6,11,19H,1-2,7-10H2,(H,20,21,22). The minimum atomic E-state index is 0.447. The van der Waals surface area contributed by atoms with E-state index >= 15 is 0 Å². The predicted molar refractivity (Wildman–Crippen MR) is 95.3 cm³/mol. The summed E-state index contributed by atoms with van der Waals surface area (Å²) in [6.07, 6.45) is 1.80. The number of piperazine rings is 1. The summed E-state index contributed by atoms with van der Waals surface area (Å²) in [6, 6.07) is 7.66. The maximum absolute atomic E-state index is 4.36. The number of hydrogen-bond donors (Lipinski definition) is 2. The number of pyridine rings is 2. The van der Waals surface area contributed by atoms with Crippen LogP contribution in [0.2, 0.25) is 0 Å². The zero-order chi connectivity index (χ0) is 16.1. The van der Waals surface area contributed by atoms with Crippen molar-refractivity contribution in [2.24, 2.45) is 9.98 Å². The molecule has 3 heterocycles. The highest BCUT2D eigenvalue weighted by atomic mass is 15.2. The van der Waals surface area contributed by atoms with Crippen LogP contribution in [0, 0.1) is 0 Å². The van der Waals surface area contributed by atoms with Crippen molar-refractivity contribution in [3.8, 4) is 0 Å². The first-order valence-electron chi connectivity index (χ1n) is 7.43. The van der Waals surface area contributed by atoms with Gasteiger partial charge in [0.15, 0.2) is 5.82 Å². The lowest BCUT2D eigenvalue weighted by Crippen LogP contribution is -2.43. The van der Waals surface area contributed by atoms with E-state index in [1.807, 2.05) is 18.2 Å². The van der Waals surface area contributed by atoms with Crippen molar-refractivity contribution in [2.45, 2.75) is 0 Å². The number of aromatic nitrogens is 2. The van der Waals surface area contributed by atoms with Gasteiger partial charge in [0.25, 0.3) is 0 Å². The van der Waals surface area contributed by atoms with Gasteiger partial charge in [0.05, 0.1) is 0 Å². The van der Waals surface area contributed by atoms with Crippen LogP contribution < -0.4 is 15.5 Å². The van der Waals surface area contributed by atoms with Gasteiger partial charge >= 0.3 is 0 Å². The normalized spacial score (nSPS) is 14.3. The molecule has 0 unspecified atom stereocenters. The fraction of sp³-hybridized carbons (Fsp3) is 0.250. The molecule has 0 aromatic carbocycles. The third kappa shape index (κ3) is 3.51. The molecule has 0 saturated carbocycles. The van der Waals surface area contributed by atoms with Crippen LogP contribution in [0.25, 0.3) is 0 Å². The summed E-state index contributed by atoms with van der Waals surface area (Å²) in [5.41, 5.74) is 1.75. The van der Waals surface area contributed by atoms with E-state index in [9.17, 15) is 0 Å². The highest BCUT2D eigenvalue weighted by molar-refractivity contribution is 5.67. The van der Waals surface area contributed by atoms with Crippen LogP contribution in [0.1, 0.15) is 0 Å². The molecule has 1 saturated heterocycles. The van der Waals surface area contributed by atoms with Gasteiger partial charge in [0.1, 0.15) is 17.3 Å². The molecule has 1 aliphatic heterocycles. The number of anilines is 3. The summed E-state index contributed by atoms with van der Waals surface area (Å²) in [5, 5.41) is 6.54. The van der Waals surface area contributed by atoms with E-state index in [-0.39, 0.29) is 0 Å². The van der Waals surface area contributed by atoms with Gasteiger partial charge in [-0.3, -0.25) is 4.99 Å². The highest BCUT2D eigenvalue weighted by Crippen LogP contribution is 2.28. The first-order chi connectivity index (χ1) is 11.3. The summed E-state index contributed by atoms with van der Waals surface area (Å²) in [4.78, 5) is 18.8. The Kier molecular flexibility index (Phi) is 4.58. The molecule has 0 amide bonds. The van der Waals surface area contributed by atoms with Crippen molar-refractivity contribution in [1.82, 2.24) is 15.3 Å². The van der Waals surface area contributed by atoms with Crippen molar-refractivity contribution >= 4 is 42.3 Å². The Bertz CT molecular complexity index is 707. The van der Waals surface area contributed by atoms with Crippen molar-refractivity contribution in [2.75, 3.05) is 36.4 Å². The molecule has 0 bridgehead atoms. The number of nitrogens with zero attached hydrogens (tertiary/aromatic N) is 5. The minimum absolute atomic E-state index is 0.447. The van der Waals surface area contributed by atoms with Crippen LogP contribution in [0.4, 0.5) is 28.8 Å². The number of aliphatic imine (C=N–C) groups is 2. The predicted octanol–water partition coefficient (Wildman–Crippen LogP) is 2.29. The number of hydrogen-bond acceptors (Lipinski definition) is 7. The second-order valence-electron chi connectivity index (χ2n) is 5.12. The van der Waals surface area contributed by atoms with Crippen LogP contribution in [-0.4, -0.2) is 49.6 Å². The lowest BCUT2D eigenvalue weighted by molar-refractivity contribution is 0.589.